The normalized spacial score (nSPS) is 28.1. The van der Waals surface area contributed by atoms with Crippen LogP contribution in [0.2, 0.25) is 0 Å². The molecule has 1 unspecified atom stereocenters. The number of nitrogens with zero attached hydrogens (tertiary/aromatic N) is 1. The molecule has 0 spiro atoms. The summed E-state index contributed by atoms with van der Waals surface area (Å²) in [5.41, 5.74) is 0. The van der Waals surface area contributed by atoms with Crippen LogP contribution >= 0.6 is 0 Å². The van der Waals surface area contributed by atoms with E-state index in [-0.39, 0.29) is 0 Å². The molecule has 0 aromatic carbocycles. The van der Waals surface area contributed by atoms with Crippen LogP contribution in [0.25, 0.3) is 0 Å². The van der Waals surface area contributed by atoms with Gasteiger partial charge in [0.15, 0.2) is 0 Å². The van der Waals surface area contributed by atoms with Crippen molar-refractivity contribution in [1.29, 1.82) is 0 Å². The highest BCUT2D eigenvalue weighted by Crippen LogP contribution is 2.30. The molecule has 0 bridgehead atoms. The van der Waals surface area contributed by atoms with E-state index in [1.807, 2.05) is 0 Å². The first-order valence-electron chi connectivity index (χ1n) is 7.25. The van der Waals surface area contributed by atoms with Crippen molar-refractivity contribution in [2.45, 2.75) is 76.3 Å². The second-order valence-electron chi connectivity index (χ2n) is 5.61. The summed E-state index contributed by atoms with van der Waals surface area (Å²) in [7, 11) is 0. The fourth-order valence-corrected chi connectivity index (χ4v) is 3.53. The van der Waals surface area contributed by atoms with Gasteiger partial charge in [-0.15, -0.1) is 0 Å². The largest absolute Gasteiger partial charge is 0.481 e. The molecular weight excluding hydrogens is 214 g/mol. The molecule has 1 saturated heterocycles. The number of carbonyl (C=O) groups is 1. The number of hydrogen-bond acceptors (Lipinski definition) is 2. The smallest absolute Gasteiger partial charge is 0.303 e. The first kappa shape index (κ1) is 12.9. The molecule has 1 aliphatic carbocycles. The van der Waals surface area contributed by atoms with Crippen LogP contribution in [0.1, 0.15) is 64.2 Å². The van der Waals surface area contributed by atoms with E-state index in [0.717, 1.165) is 12.5 Å². The van der Waals surface area contributed by atoms with Gasteiger partial charge >= 0.3 is 5.97 Å². The lowest BCUT2D eigenvalue weighted by Gasteiger charge is -2.32. The van der Waals surface area contributed by atoms with E-state index < -0.39 is 5.97 Å². The third kappa shape index (κ3) is 3.70. The highest BCUT2D eigenvalue weighted by Gasteiger charge is 2.30. The van der Waals surface area contributed by atoms with Crippen LogP contribution in [0.5, 0.6) is 0 Å². The first-order valence-corrected chi connectivity index (χ1v) is 7.25. The van der Waals surface area contributed by atoms with E-state index in [2.05, 4.69) is 4.90 Å². The second-order valence-corrected chi connectivity index (χ2v) is 5.61. The van der Waals surface area contributed by atoms with Crippen LogP contribution < -0.4 is 0 Å². The topological polar surface area (TPSA) is 40.5 Å². The van der Waals surface area contributed by atoms with Crippen LogP contribution in [0.4, 0.5) is 0 Å². The standard InChI is InChI=1S/C14H25NO2/c16-14(17)10-9-13-8-5-11-15(13)12-6-3-1-2-4-7-12/h12-13H,1-11H2,(H,16,17). The van der Waals surface area contributed by atoms with Gasteiger partial charge in [-0.1, -0.05) is 25.7 Å². The molecular formula is C14H25NO2. The zero-order valence-electron chi connectivity index (χ0n) is 10.7. The summed E-state index contributed by atoms with van der Waals surface area (Å²) < 4.78 is 0. The Kier molecular flexibility index (Phi) is 4.84. The molecule has 2 aliphatic rings. The van der Waals surface area contributed by atoms with Gasteiger partial charge in [-0.05, 0) is 38.6 Å². The molecule has 1 N–H and O–H groups in total. The molecule has 2 fully saturated rings. The number of rotatable bonds is 4. The molecule has 0 aromatic rings. The van der Waals surface area contributed by atoms with Crippen molar-refractivity contribution < 1.29 is 9.90 Å². The van der Waals surface area contributed by atoms with Gasteiger partial charge in [-0.3, -0.25) is 9.69 Å². The van der Waals surface area contributed by atoms with Gasteiger partial charge in [-0.25, -0.2) is 0 Å². The van der Waals surface area contributed by atoms with Crippen molar-refractivity contribution in [3.8, 4) is 0 Å². The summed E-state index contributed by atoms with van der Waals surface area (Å²) in [6.07, 6.45) is 11.9. The van der Waals surface area contributed by atoms with Crippen LogP contribution in [0.3, 0.4) is 0 Å². The van der Waals surface area contributed by atoms with E-state index in [0.29, 0.717) is 12.5 Å². The van der Waals surface area contributed by atoms with Crippen molar-refractivity contribution in [1.82, 2.24) is 4.90 Å². The second kappa shape index (κ2) is 6.39. The van der Waals surface area contributed by atoms with Gasteiger partial charge in [0.1, 0.15) is 0 Å². The molecule has 1 aliphatic heterocycles. The molecule has 1 saturated carbocycles. The van der Waals surface area contributed by atoms with Crippen molar-refractivity contribution in [3.63, 3.8) is 0 Å². The summed E-state index contributed by atoms with van der Waals surface area (Å²) in [4.78, 5) is 13.3. The fraction of sp³-hybridized carbons (Fsp3) is 0.929. The molecule has 1 heterocycles. The van der Waals surface area contributed by atoms with Gasteiger partial charge in [0, 0.05) is 18.5 Å². The van der Waals surface area contributed by atoms with Crippen molar-refractivity contribution in [3.05, 3.63) is 0 Å². The summed E-state index contributed by atoms with van der Waals surface area (Å²) in [6.45, 7) is 1.20. The van der Waals surface area contributed by atoms with E-state index in [9.17, 15) is 4.79 Å². The van der Waals surface area contributed by atoms with Crippen LogP contribution in [0.15, 0.2) is 0 Å². The summed E-state index contributed by atoms with van der Waals surface area (Å²) in [5, 5.41) is 8.80. The fourth-order valence-electron chi connectivity index (χ4n) is 3.53. The minimum Gasteiger partial charge on any atom is -0.481 e. The number of aliphatic carboxylic acids is 1. The van der Waals surface area contributed by atoms with E-state index in [1.54, 1.807) is 0 Å². The molecule has 3 heteroatoms. The number of hydrogen-bond donors (Lipinski definition) is 1. The third-order valence-electron chi connectivity index (χ3n) is 4.41. The summed E-state index contributed by atoms with van der Waals surface area (Å²) >= 11 is 0. The van der Waals surface area contributed by atoms with E-state index in [4.69, 9.17) is 5.11 Å². The van der Waals surface area contributed by atoms with E-state index >= 15 is 0 Å². The average molecular weight is 239 g/mol. The van der Waals surface area contributed by atoms with Crippen LogP contribution in [-0.4, -0.2) is 34.6 Å². The lowest BCUT2D eigenvalue weighted by atomic mass is 10.0. The maximum absolute atomic E-state index is 10.7. The van der Waals surface area contributed by atoms with Gasteiger partial charge in [-0.2, -0.15) is 0 Å². The zero-order valence-corrected chi connectivity index (χ0v) is 10.7. The van der Waals surface area contributed by atoms with E-state index in [1.165, 1.54) is 57.9 Å². The lowest BCUT2D eigenvalue weighted by Crippen LogP contribution is -2.39. The highest BCUT2D eigenvalue weighted by atomic mass is 16.4. The van der Waals surface area contributed by atoms with Crippen molar-refractivity contribution >= 4 is 5.97 Å². The molecule has 17 heavy (non-hydrogen) atoms. The quantitative estimate of drug-likeness (QED) is 0.767. The Balaban J connectivity index is 1.86. The molecule has 2 rings (SSSR count). The predicted octanol–water partition coefficient (Wildman–Crippen LogP) is 3.04. The Morgan fingerprint density at radius 1 is 1.06 bits per heavy atom. The monoisotopic (exact) mass is 239 g/mol. The first-order chi connectivity index (χ1) is 8.27. The average Bonchev–Trinajstić information content (AvgIpc) is 2.60. The molecule has 0 radical (unpaired) electrons. The third-order valence-corrected chi connectivity index (χ3v) is 4.41. The Bertz CT molecular complexity index is 247. The lowest BCUT2D eigenvalue weighted by molar-refractivity contribution is -0.137. The number of likely N-dealkylation sites (tertiary alicyclic amines) is 1. The number of carboxylic acid groups (broad SMARTS) is 1. The maximum Gasteiger partial charge on any atom is 0.303 e. The van der Waals surface area contributed by atoms with Gasteiger partial charge in [0.2, 0.25) is 0 Å². The van der Waals surface area contributed by atoms with Gasteiger partial charge in [0.05, 0.1) is 0 Å². The molecule has 98 valence electrons. The minimum atomic E-state index is -0.641. The molecule has 0 aromatic heterocycles. The molecule has 3 nitrogen and oxygen atoms in total. The predicted molar refractivity (Wildman–Crippen MR) is 68.1 cm³/mol. The highest BCUT2D eigenvalue weighted by molar-refractivity contribution is 5.66. The van der Waals surface area contributed by atoms with Crippen molar-refractivity contribution in [2.75, 3.05) is 6.54 Å². The minimum absolute atomic E-state index is 0.341. The Morgan fingerprint density at radius 2 is 1.76 bits per heavy atom. The molecule has 0 amide bonds. The maximum atomic E-state index is 10.7. The Morgan fingerprint density at radius 3 is 2.41 bits per heavy atom. The number of carboxylic acids is 1. The van der Waals surface area contributed by atoms with Gasteiger partial charge < -0.3 is 5.11 Å². The SMILES string of the molecule is O=C(O)CCC1CCCN1C1CCCCCC1. The zero-order chi connectivity index (χ0) is 12.1. The van der Waals surface area contributed by atoms with Crippen molar-refractivity contribution in [2.24, 2.45) is 0 Å². The van der Waals surface area contributed by atoms with Crippen LogP contribution in [0, 0.1) is 0 Å². The Hall–Kier alpha value is -0.570. The molecule has 1 atom stereocenters. The summed E-state index contributed by atoms with van der Waals surface area (Å²) in [6, 6.07) is 1.30. The van der Waals surface area contributed by atoms with Crippen LogP contribution in [-0.2, 0) is 4.79 Å². The van der Waals surface area contributed by atoms with Gasteiger partial charge in [0.25, 0.3) is 0 Å². The Labute approximate surface area is 104 Å². The summed E-state index contributed by atoms with van der Waals surface area (Å²) in [5.74, 6) is -0.641.